The van der Waals surface area contributed by atoms with Gasteiger partial charge in [0.25, 0.3) is 5.91 Å². The number of carbonyl (C=O) groups is 1. The van der Waals surface area contributed by atoms with Crippen molar-refractivity contribution in [3.05, 3.63) is 40.4 Å². The van der Waals surface area contributed by atoms with E-state index in [9.17, 15) is 13.2 Å². The van der Waals surface area contributed by atoms with Crippen LogP contribution in [-0.2, 0) is 10.0 Å². The van der Waals surface area contributed by atoms with Crippen LogP contribution in [0.3, 0.4) is 0 Å². The molecule has 1 N–H and O–H groups in total. The second kappa shape index (κ2) is 7.39. The Balaban J connectivity index is 2.37. The normalized spacial score (nSPS) is 11.7. The topological polar surface area (TPSA) is 79.4 Å². The summed E-state index contributed by atoms with van der Waals surface area (Å²) in [6, 6.07) is 4.10. The number of hydrogen-bond acceptors (Lipinski definition) is 5. The molecular weight excluding hydrogens is 358 g/mol. The molecule has 0 aliphatic carbocycles. The summed E-state index contributed by atoms with van der Waals surface area (Å²) in [5, 5.41) is 4.91. The van der Waals surface area contributed by atoms with Crippen molar-refractivity contribution >= 4 is 44.0 Å². The van der Waals surface area contributed by atoms with Gasteiger partial charge in [-0.15, -0.1) is 11.3 Å². The second-order valence-corrected chi connectivity index (χ2v) is 7.76. The zero-order valence-electron chi connectivity index (χ0n) is 12.6. The number of benzene rings is 1. The number of rotatable bonds is 6. The molecule has 0 fully saturated rings. The lowest BCUT2D eigenvalue weighted by molar-refractivity contribution is 0.102. The molecule has 0 radical (unpaired) electrons. The van der Waals surface area contributed by atoms with E-state index in [1.165, 1.54) is 33.8 Å². The Hall–Kier alpha value is -1.48. The number of halogens is 1. The quantitative estimate of drug-likeness (QED) is 0.843. The third-order valence-corrected chi connectivity index (χ3v) is 6.24. The van der Waals surface area contributed by atoms with E-state index in [0.29, 0.717) is 18.2 Å². The summed E-state index contributed by atoms with van der Waals surface area (Å²) in [6.07, 6.45) is 1.56. The van der Waals surface area contributed by atoms with Crippen LogP contribution in [0, 0.1) is 0 Å². The summed E-state index contributed by atoms with van der Waals surface area (Å²) < 4.78 is 26.4. The van der Waals surface area contributed by atoms with Gasteiger partial charge in [0.1, 0.15) is 0 Å². The molecule has 9 heteroatoms. The summed E-state index contributed by atoms with van der Waals surface area (Å²) in [4.78, 5) is 16.3. The monoisotopic (exact) mass is 373 g/mol. The maximum atomic E-state index is 12.5. The molecule has 124 valence electrons. The molecule has 1 aromatic carbocycles. The van der Waals surface area contributed by atoms with Gasteiger partial charge in [-0.05, 0) is 18.2 Å². The van der Waals surface area contributed by atoms with Gasteiger partial charge in [-0.3, -0.25) is 10.1 Å². The third kappa shape index (κ3) is 3.89. The van der Waals surface area contributed by atoms with Crippen molar-refractivity contribution in [2.75, 3.05) is 18.4 Å². The molecule has 2 rings (SSSR count). The van der Waals surface area contributed by atoms with Crippen LogP contribution in [0.4, 0.5) is 5.13 Å². The lowest BCUT2D eigenvalue weighted by Crippen LogP contribution is -2.30. The average molecular weight is 374 g/mol. The highest BCUT2D eigenvalue weighted by molar-refractivity contribution is 7.89. The Morgan fingerprint density at radius 1 is 1.35 bits per heavy atom. The van der Waals surface area contributed by atoms with Gasteiger partial charge < -0.3 is 0 Å². The van der Waals surface area contributed by atoms with Crippen molar-refractivity contribution in [1.29, 1.82) is 0 Å². The van der Waals surface area contributed by atoms with Crippen LogP contribution >= 0.6 is 22.9 Å². The fraction of sp³-hybridized carbons (Fsp3) is 0.286. The van der Waals surface area contributed by atoms with E-state index < -0.39 is 15.9 Å². The molecule has 0 saturated carbocycles. The first kappa shape index (κ1) is 17.9. The number of carbonyl (C=O) groups excluding carboxylic acids is 1. The van der Waals surface area contributed by atoms with Gasteiger partial charge in [-0.25, -0.2) is 13.4 Å². The maximum Gasteiger partial charge on any atom is 0.259 e. The standard InChI is InChI=1S/C14H16ClN3O3S2/c1-3-18(4-2)23(20,21)10-5-6-12(15)11(9-10)13(19)17-14-16-7-8-22-14/h5-9H,3-4H2,1-2H3,(H,16,17,19). The van der Waals surface area contributed by atoms with Gasteiger partial charge >= 0.3 is 0 Å². The number of anilines is 1. The Bertz CT molecular complexity index is 788. The number of sulfonamides is 1. The van der Waals surface area contributed by atoms with Gasteiger partial charge in [0, 0.05) is 24.7 Å². The fourth-order valence-electron chi connectivity index (χ4n) is 2.00. The first-order valence-corrected chi connectivity index (χ1v) is 9.60. The number of thiazole rings is 1. The molecule has 1 aromatic heterocycles. The van der Waals surface area contributed by atoms with Crippen LogP contribution in [0.5, 0.6) is 0 Å². The smallest absolute Gasteiger partial charge is 0.259 e. The van der Waals surface area contributed by atoms with E-state index in [0.717, 1.165) is 0 Å². The zero-order chi connectivity index (χ0) is 17.0. The number of aromatic nitrogens is 1. The highest BCUT2D eigenvalue weighted by atomic mass is 35.5. The highest BCUT2D eigenvalue weighted by Gasteiger charge is 2.24. The molecule has 0 spiro atoms. The van der Waals surface area contributed by atoms with Crippen molar-refractivity contribution in [3.63, 3.8) is 0 Å². The van der Waals surface area contributed by atoms with E-state index in [2.05, 4.69) is 10.3 Å². The summed E-state index contributed by atoms with van der Waals surface area (Å²) in [7, 11) is -3.65. The zero-order valence-corrected chi connectivity index (χ0v) is 15.0. The Kier molecular flexibility index (Phi) is 5.74. The molecule has 0 aliphatic rings. The lowest BCUT2D eigenvalue weighted by atomic mass is 10.2. The van der Waals surface area contributed by atoms with Gasteiger partial charge in [0.05, 0.1) is 15.5 Å². The van der Waals surface area contributed by atoms with Crippen LogP contribution < -0.4 is 5.32 Å². The van der Waals surface area contributed by atoms with Gasteiger partial charge in [-0.1, -0.05) is 25.4 Å². The molecule has 2 aromatic rings. The first-order valence-electron chi connectivity index (χ1n) is 6.90. The summed E-state index contributed by atoms with van der Waals surface area (Å²) in [5.74, 6) is -0.499. The molecule has 0 aliphatic heterocycles. The SMILES string of the molecule is CCN(CC)S(=O)(=O)c1ccc(Cl)c(C(=O)Nc2nccs2)c1. The van der Waals surface area contributed by atoms with E-state index in [1.54, 1.807) is 25.4 Å². The van der Waals surface area contributed by atoms with Crippen LogP contribution in [0.15, 0.2) is 34.7 Å². The predicted molar refractivity (Wildman–Crippen MR) is 91.6 cm³/mol. The lowest BCUT2D eigenvalue weighted by Gasteiger charge is -2.19. The van der Waals surface area contributed by atoms with Crippen LogP contribution in [0.25, 0.3) is 0 Å². The minimum absolute atomic E-state index is 0.0369. The number of hydrogen-bond donors (Lipinski definition) is 1. The molecule has 23 heavy (non-hydrogen) atoms. The Morgan fingerprint density at radius 3 is 2.61 bits per heavy atom. The van der Waals surface area contributed by atoms with Crippen LogP contribution in [-0.4, -0.2) is 36.7 Å². The Morgan fingerprint density at radius 2 is 2.04 bits per heavy atom. The van der Waals surface area contributed by atoms with E-state index in [4.69, 9.17) is 11.6 Å². The average Bonchev–Trinajstić information content (AvgIpc) is 3.01. The first-order chi connectivity index (χ1) is 10.9. The molecule has 0 unspecified atom stereocenters. The third-order valence-electron chi connectivity index (χ3n) is 3.18. The highest BCUT2D eigenvalue weighted by Crippen LogP contribution is 2.24. The Labute approximate surface area is 144 Å². The number of nitrogens with zero attached hydrogens (tertiary/aromatic N) is 2. The summed E-state index contributed by atoms with van der Waals surface area (Å²) in [6.45, 7) is 4.21. The minimum atomic E-state index is -3.65. The molecule has 0 saturated heterocycles. The molecule has 0 bridgehead atoms. The van der Waals surface area contributed by atoms with Crippen molar-refractivity contribution in [2.45, 2.75) is 18.7 Å². The predicted octanol–water partition coefficient (Wildman–Crippen LogP) is 3.08. The van der Waals surface area contributed by atoms with E-state index in [-0.39, 0.29) is 15.5 Å². The van der Waals surface area contributed by atoms with Crippen LogP contribution in [0.2, 0.25) is 5.02 Å². The number of amides is 1. The summed E-state index contributed by atoms with van der Waals surface area (Å²) >= 11 is 7.30. The van der Waals surface area contributed by atoms with Gasteiger partial charge in [0.15, 0.2) is 5.13 Å². The van der Waals surface area contributed by atoms with Crippen molar-refractivity contribution in [3.8, 4) is 0 Å². The molecular formula is C14H16ClN3O3S2. The number of nitrogens with one attached hydrogen (secondary N) is 1. The van der Waals surface area contributed by atoms with Gasteiger partial charge in [-0.2, -0.15) is 4.31 Å². The van der Waals surface area contributed by atoms with Crippen molar-refractivity contribution in [2.24, 2.45) is 0 Å². The fourth-order valence-corrected chi connectivity index (χ4v) is 4.21. The van der Waals surface area contributed by atoms with E-state index >= 15 is 0 Å². The molecule has 1 heterocycles. The van der Waals surface area contributed by atoms with E-state index in [1.807, 2.05) is 0 Å². The maximum absolute atomic E-state index is 12.5. The minimum Gasteiger partial charge on any atom is -0.298 e. The van der Waals surface area contributed by atoms with Gasteiger partial charge in [0.2, 0.25) is 10.0 Å². The van der Waals surface area contributed by atoms with Crippen molar-refractivity contribution < 1.29 is 13.2 Å². The van der Waals surface area contributed by atoms with Crippen molar-refractivity contribution in [1.82, 2.24) is 9.29 Å². The molecule has 1 amide bonds. The largest absolute Gasteiger partial charge is 0.298 e. The van der Waals surface area contributed by atoms with Crippen LogP contribution in [0.1, 0.15) is 24.2 Å². The molecule has 0 atom stereocenters. The summed E-state index contributed by atoms with van der Waals surface area (Å²) in [5.41, 5.74) is 0.0927. The second-order valence-electron chi connectivity index (χ2n) is 4.52. The molecule has 6 nitrogen and oxygen atoms in total.